The van der Waals surface area contributed by atoms with Crippen LogP contribution in [0.5, 0.6) is 0 Å². The third-order valence-corrected chi connectivity index (χ3v) is 5.79. The molecule has 0 radical (unpaired) electrons. The van der Waals surface area contributed by atoms with Crippen molar-refractivity contribution >= 4 is 23.6 Å². The highest BCUT2D eigenvalue weighted by atomic mass is 19.4. The number of fused-ring (bicyclic) bond motifs is 3. The molecule has 0 bridgehead atoms. The lowest BCUT2D eigenvalue weighted by molar-refractivity contribution is -0.278. The van der Waals surface area contributed by atoms with Gasteiger partial charge in [0.1, 0.15) is 6.04 Å². The molecular weight excluding hydrogens is 501 g/mol. The van der Waals surface area contributed by atoms with Crippen molar-refractivity contribution in [1.29, 1.82) is 0 Å². The van der Waals surface area contributed by atoms with E-state index in [9.17, 15) is 36.3 Å². The lowest BCUT2D eigenvalue weighted by Gasteiger charge is -2.26. The van der Waals surface area contributed by atoms with Crippen LogP contribution in [-0.2, 0) is 14.3 Å². The summed E-state index contributed by atoms with van der Waals surface area (Å²) in [5.41, 5.74) is 2.53. The molecule has 0 saturated heterocycles. The summed E-state index contributed by atoms with van der Waals surface area (Å²) in [6.45, 7) is 1.33. The second-order valence-electron chi connectivity index (χ2n) is 9.02. The number of alkyl carbamates (subject to hydrolysis) is 1. The molecule has 1 aliphatic heterocycles. The number of nitrogens with zero attached hydrogens (tertiary/aromatic N) is 1. The van der Waals surface area contributed by atoms with Crippen LogP contribution < -0.4 is 15.5 Å². The fourth-order valence-corrected chi connectivity index (χ4v) is 3.90. The molecule has 0 fully saturated rings. The van der Waals surface area contributed by atoms with Crippen LogP contribution in [0.2, 0.25) is 0 Å². The molecule has 2 aromatic rings. The third-order valence-electron chi connectivity index (χ3n) is 5.79. The van der Waals surface area contributed by atoms with Gasteiger partial charge in [-0.05, 0) is 29.5 Å². The third kappa shape index (κ3) is 6.17. The Morgan fingerprint density at radius 1 is 1.00 bits per heavy atom. The summed E-state index contributed by atoms with van der Waals surface area (Å²) in [6, 6.07) is 12.9. The lowest BCUT2D eigenvalue weighted by Crippen LogP contribution is -2.49. The molecule has 3 rings (SSSR count). The fourth-order valence-electron chi connectivity index (χ4n) is 3.90. The minimum absolute atomic E-state index is 0.0759. The van der Waals surface area contributed by atoms with Crippen LogP contribution in [0, 0.1) is 5.92 Å². The number of nitrogens with one attached hydrogen (secondary N) is 2. The van der Waals surface area contributed by atoms with Crippen LogP contribution in [0.1, 0.15) is 31.9 Å². The highest BCUT2D eigenvalue weighted by molar-refractivity contribution is 6.06. The number of carbonyl (C=O) groups excluding carboxylic acids is 3. The summed E-state index contributed by atoms with van der Waals surface area (Å²) in [6.07, 6.45) is -9.13. The van der Waals surface area contributed by atoms with Crippen LogP contribution in [0.3, 0.4) is 0 Å². The molecule has 200 valence electrons. The van der Waals surface area contributed by atoms with E-state index in [1.807, 2.05) is 6.07 Å². The maximum absolute atomic E-state index is 13.4. The Hall–Kier alpha value is -3.70. The first-order valence-electron chi connectivity index (χ1n) is 11.4. The Morgan fingerprint density at radius 2 is 1.59 bits per heavy atom. The van der Waals surface area contributed by atoms with Crippen molar-refractivity contribution < 1.29 is 41.1 Å². The number of carbonyl (C=O) groups is 3. The van der Waals surface area contributed by atoms with Gasteiger partial charge in [-0.15, -0.1) is 0 Å². The van der Waals surface area contributed by atoms with Crippen LogP contribution in [0.15, 0.2) is 48.5 Å². The zero-order valence-electron chi connectivity index (χ0n) is 20.2. The molecular formula is C25H26F5N3O4. The highest BCUT2D eigenvalue weighted by Gasteiger charge is 2.57. The standard InChI is InChI=1S/C25H26F5N3O4/c1-14(2)12-19(37-23(36)31-13-24(26,27)25(28,29)30)21(34)32-20-17-10-5-4-8-15(17)16-9-6-7-11-18(16)33(3)22(20)35/h4-11,14,19-20H,12-13H2,1-3H3,(H,31,36)(H,32,34)/t19?,20-/m0/s1. The molecule has 37 heavy (non-hydrogen) atoms. The molecule has 2 atom stereocenters. The zero-order valence-corrected chi connectivity index (χ0v) is 20.2. The van der Waals surface area contributed by atoms with Gasteiger partial charge in [0.25, 0.3) is 11.8 Å². The first-order valence-corrected chi connectivity index (χ1v) is 11.4. The summed E-state index contributed by atoms with van der Waals surface area (Å²) in [5, 5.41) is 3.93. The SMILES string of the molecule is CC(C)CC(OC(=O)NCC(F)(F)C(F)(F)F)C(=O)N[C@@H]1C(=O)N(C)c2ccccc2-c2ccccc21. The van der Waals surface area contributed by atoms with Crippen molar-refractivity contribution in [2.45, 2.75) is 44.5 Å². The van der Waals surface area contributed by atoms with Crippen molar-refractivity contribution in [2.24, 2.45) is 5.92 Å². The van der Waals surface area contributed by atoms with E-state index in [2.05, 4.69) is 5.32 Å². The molecule has 3 amide bonds. The number of hydrogen-bond donors (Lipinski definition) is 2. The number of halogens is 5. The molecule has 1 aliphatic rings. The number of para-hydroxylation sites is 1. The van der Waals surface area contributed by atoms with E-state index in [-0.39, 0.29) is 12.3 Å². The van der Waals surface area contributed by atoms with Gasteiger partial charge in [0, 0.05) is 12.6 Å². The smallest absolute Gasteiger partial charge is 0.436 e. The molecule has 12 heteroatoms. The number of likely N-dealkylation sites (N-methyl/N-ethyl adjacent to an activating group) is 1. The molecule has 0 spiro atoms. The summed E-state index contributed by atoms with van der Waals surface area (Å²) < 4.78 is 68.4. The molecule has 0 aliphatic carbocycles. The van der Waals surface area contributed by atoms with Crippen molar-refractivity contribution in [1.82, 2.24) is 10.6 Å². The van der Waals surface area contributed by atoms with Gasteiger partial charge in [0.2, 0.25) is 0 Å². The summed E-state index contributed by atoms with van der Waals surface area (Å²) >= 11 is 0. The van der Waals surface area contributed by atoms with E-state index >= 15 is 0 Å². The molecule has 2 N–H and O–H groups in total. The molecule has 0 saturated carbocycles. The molecule has 1 unspecified atom stereocenters. The fraction of sp³-hybridized carbons (Fsp3) is 0.400. The van der Waals surface area contributed by atoms with E-state index in [0.29, 0.717) is 16.8 Å². The number of benzene rings is 2. The Morgan fingerprint density at radius 3 is 2.22 bits per heavy atom. The van der Waals surface area contributed by atoms with Crippen LogP contribution in [-0.4, -0.2) is 49.7 Å². The van der Waals surface area contributed by atoms with E-state index in [1.54, 1.807) is 63.4 Å². The molecule has 7 nitrogen and oxygen atoms in total. The van der Waals surface area contributed by atoms with Gasteiger partial charge in [-0.25, -0.2) is 4.79 Å². The Bertz CT molecular complexity index is 1170. The van der Waals surface area contributed by atoms with E-state index in [0.717, 1.165) is 5.56 Å². The second kappa shape index (κ2) is 10.7. The number of rotatable bonds is 7. The van der Waals surface area contributed by atoms with Gasteiger partial charge < -0.3 is 20.3 Å². The number of amides is 3. The van der Waals surface area contributed by atoms with Crippen molar-refractivity contribution in [2.75, 3.05) is 18.5 Å². The maximum atomic E-state index is 13.4. The summed E-state index contributed by atoms with van der Waals surface area (Å²) in [5.74, 6) is -6.80. The van der Waals surface area contributed by atoms with Crippen molar-refractivity contribution in [3.05, 3.63) is 54.1 Å². The Labute approximate surface area is 210 Å². The van der Waals surface area contributed by atoms with Crippen molar-refractivity contribution in [3.63, 3.8) is 0 Å². The zero-order chi connectivity index (χ0) is 27.5. The number of alkyl halides is 5. The van der Waals surface area contributed by atoms with Gasteiger partial charge in [0.15, 0.2) is 6.10 Å². The molecule has 2 aromatic carbocycles. The maximum Gasteiger partial charge on any atom is 0.455 e. The summed E-state index contributed by atoms with van der Waals surface area (Å²) in [7, 11) is 1.54. The molecule has 1 heterocycles. The summed E-state index contributed by atoms with van der Waals surface area (Å²) in [4.78, 5) is 40.0. The van der Waals surface area contributed by atoms with E-state index < -0.39 is 48.7 Å². The number of hydrogen-bond acceptors (Lipinski definition) is 4. The largest absolute Gasteiger partial charge is 0.455 e. The predicted molar refractivity (Wildman–Crippen MR) is 125 cm³/mol. The lowest BCUT2D eigenvalue weighted by atomic mass is 9.95. The van der Waals surface area contributed by atoms with Crippen LogP contribution in [0.4, 0.5) is 32.4 Å². The number of ether oxygens (including phenoxy) is 1. The normalized spacial score (nSPS) is 16.4. The minimum atomic E-state index is -5.87. The quantitative estimate of drug-likeness (QED) is 0.506. The minimum Gasteiger partial charge on any atom is -0.436 e. The predicted octanol–water partition coefficient (Wildman–Crippen LogP) is 4.83. The first-order chi connectivity index (χ1) is 17.2. The van der Waals surface area contributed by atoms with E-state index in [4.69, 9.17) is 4.74 Å². The van der Waals surface area contributed by atoms with Gasteiger partial charge >= 0.3 is 18.2 Å². The monoisotopic (exact) mass is 527 g/mol. The first kappa shape index (κ1) is 27.9. The highest BCUT2D eigenvalue weighted by Crippen LogP contribution is 2.39. The van der Waals surface area contributed by atoms with Crippen molar-refractivity contribution in [3.8, 4) is 11.1 Å². The molecule has 0 aromatic heterocycles. The average Bonchev–Trinajstić information content (AvgIpc) is 2.91. The topological polar surface area (TPSA) is 87.7 Å². The second-order valence-corrected chi connectivity index (χ2v) is 9.02. The van der Waals surface area contributed by atoms with Gasteiger partial charge in [-0.2, -0.15) is 22.0 Å². The van der Waals surface area contributed by atoms with E-state index in [1.165, 1.54) is 10.2 Å². The Kier molecular flexibility index (Phi) is 8.09. The van der Waals surface area contributed by atoms with Crippen LogP contribution >= 0.6 is 0 Å². The van der Waals surface area contributed by atoms with Crippen LogP contribution in [0.25, 0.3) is 11.1 Å². The van der Waals surface area contributed by atoms with Gasteiger partial charge in [-0.3, -0.25) is 9.59 Å². The number of anilines is 1. The Balaban J connectivity index is 1.83. The van der Waals surface area contributed by atoms with Gasteiger partial charge in [-0.1, -0.05) is 56.3 Å². The average molecular weight is 527 g/mol. The van der Waals surface area contributed by atoms with Gasteiger partial charge in [0.05, 0.1) is 12.2 Å².